The van der Waals surface area contributed by atoms with Crippen LogP contribution >= 0.6 is 39.1 Å². The highest BCUT2D eigenvalue weighted by Crippen LogP contribution is 2.34. The van der Waals surface area contributed by atoms with Crippen molar-refractivity contribution in [3.05, 3.63) is 74.7 Å². The number of aromatic hydroxyl groups is 1. The van der Waals surface area contributed by atoms with Gasteiger partial charge in [-0.2, -0.15) is 0 Å². The number of hydrogen-bond acceptors (Lipinski definition) is 4. The zero-order chi connectivity index (χ0) is 19.0. The Morgan fingerprint density at radius 1 is 1.04 bits per heavy atom. The van der Waals surface area contributed by atoms with E-state index in [1.165, 1.54) is 0 Å². The van der Waals surface area contributed by atoms with Gasteiger partial charge in [0.15, 0.2) is 5.58 Å². The lowest BCUT2D eigenvalue weighted by Gasteiger charge is -2.02. The van der Waals surface area contributed by atoms with Crippen molar-refractivity contribution in [1.82, 2.24) is 4.98 Å². The Morgan fingerprint density at radius 3 is 2.74 bits per heavy atom. The number of oxazole rings is 1. The van der Waals surface area contributed by atoms with E-state index in [0.29, 0.717) is 43.9 Å². The quantitative estimate of drug-likeness (QED) is 0.333. The first-order chi connectivity index (χ1) is 13.0. The molecule has 0 saturated heterocycles. The predicted molar refractivity (Wildman–Crippen MR) is 113 cm³/mol. The van der Waals surface area contributed by atoms with E-state index in [2.05, 4.69) is 25.9 Å². The molecule has 0 spiro atoms. The van der Waals surface area contributed by atoms with Crippen LogP contribution in [0.25, 0.3) is 22.6 Å². The van der Waals surface area contributed by atoms with E-state index in [1.54, 1.807) is 60.8 Å². The average molecular weight is 462 g/mol. The SMILES string of the molecule is Oc1ccc(Br)cc1C=Nc1ccc(Cl)c(-c2nc3cc(Cl)ccc3o2)c1. The molecule has 0 saturated carbocycles. The van der Waals surface area contributed by atoms with Crippen molar-refractivity contribution in [2.75, 3.05) is 0 Å². The van der Waals surface area contributed by atoms with Crippen LogP contribution in [0, 0.1) is 0 Å². The molecule has 0 radical (unpaired) electrons. The van der Waals surface area contributed by atoms with E-state index >= 15 is 0 Å². The Hall–Kier alpha value is -2.34. The zero-order valence-corrected chi connectivity index (χ0v) is 16.8. The fourth-order valence-electron chi connectivity index (χ4n) is 2.55. The van der Waals surface area contributed by atoms with Gasteiger partial charge in [-0.25, -0.2) is 4.98 Å². The molecule has 1 heterocycles. The van der Waals surface area contributed by atoms with Crippen LogP contribution in [-0.2, 0) is 0 Å². The van der Waals surface area contributed by atoms with Crippen LogP contribution in [0.5, 0.6) is 5.75 Å². The number of aliphatic imine (C=N–C) groups is 1. The van der Waals surface area contributed by atoms with E-state index in [4.69, 9.17) is 27.6 Å². The van der Waals surface area contributed by atoms with Crippen LogP contribution in [0.15, 0.2) is 68.5 Å². The molecule has 0 aliphatic heterocycles. The number of halogens is 3. The zero-order valence-electron chi connectivity index (χ0n) is 13.7. The largest absolute Gasteiger partial charge is 0.507 e. The molecule has 1 aromatic heterocycles. The summed E-state index contributed by atoms with van der Waals surface area (Å²) in [5.41, 5.74) is 3.14. The van der Waals surface area contributed by atoms with Crippen molar-refractivity contribution in [1.29, 1.82) is 0 Å². The van der Waals surface area contributed by atoms with Crippen LogP contribution in [-0.4, -0.2) is 16.3 Å². The van der Waals surface area contributed by atoms with Crippen LogP contribution < -0.4 is 0 Å². The van der Waals surface area contributed by atoms with E-state index in [-0.39, 0.29) is 5.75 Å². The fourth-order valence-corrected chi connectivity index (χ4v) is 3.29. The molecule has 4 rings (SSSR count). The average Bonchev–Trinajstić information content (AvgIpc) is 3.06. The minimum atomic E-state index is 0.145. The number of phenols is 1. The van der Waals surface area contributed by atoms with Crippen molar-refractivity contribution in [2.24, 2.45) is 4.99 Å². The molecule has 0 amide bonds. The number of aromatic nitrogens is 1. The van der Waals surface area contributed by atoms with Gasteiger partial charge in [0.05, 0.1) is 16.3 Å². The summed E-state index contributed by atoms with van der Waals surface area (Å²) in [7, 11) is 0. The molecule has 0 aliphatic rings. The molecule has 0 bridgehead atoms. The van der Waals surface area contributed by atoms with Crippen LogP contribution in [0.1, 0.15) is 5.56 Å². The van der Waals surface area contributed by atoms with E-state index in [9.17, 15) is 5.11 Å². The number of nitrogens with zero attached hydrogens (tertiary/aromatic N) is 2. The second-order valence-electron chi connectivity index (χ2n) is 5.76. The summed E-state index contributed by atoms with van der Waals surface area (Å²) in [6.07, 6.45) is 1.58. The molecule has 7 heteroatoms. The minimum absolute atomic E-state index is 0.145. The van der Waals surface area contributed by atoms with E-state index in [0.717, 1.165) is 4.47 Å². The lowest BCUT2D eigenvalue weighted by Crippen LogP contribution is -1.83. The number of phenolic OH excluding ortho intramolecular Hbond substituents is 1. The first-order valence-corrected chi connectivity index (χ1v) is 9.43. The third-order valence-corrected chi connectivity index (χ3v) is 4.93. The molecule has 0 aliphatic carbocycles. The van der Waals surface area contributed by atoms with Crippen molar-refractivity contribution in [3.8, 4) is 17.2 Å². The first kappa shape index (κ1) is 18.0. The van der Waals surface area contributed by atoms with Crippen LogP contribution in [0.3, 0.4) is 0 Å². The third kappa shape index (κ3) is 3.86. The number of hydrogen-bond donors (Lipinski definition) is 1. The van der Waals surface area contributed by atoms with Gasteiger partial charge in [0.1, 0.15) is 11.3 Å². The Balaban J connectivity index is 1.72. The van der Waals surface area contributed by atoms with Crippen molar-refractivity contribution in [2.45, 2.75) is 0 Å². The highest BCUT2D eigenvalue weighted by molar-refractivity contribution is 9.10. The monoisotopic (exact) mass is 460 g/mol. The minimum Gasteiger partial charge on any atom is -0.507 e. The van der Waals surface area contributed by atoms with Gasteiger partial charge in [-0.15, -0.1) is 0 Å². The van der Waals surface area contributed by atoms with Gasteiger partial charge in [0, 0.05) is 21.3 Å². The van der Waals surface area contributed by atoms with Gasteiger partial charge in [0.25, 0.3) is 0 Å². The fraction of sp³-hybridized carbons (Fsp3) is 0. The van der Waals surface area contributed by atoms with Gasteiger partial charge in [-0.3, -0.25) is 4.99 Å². The maximum Gasteiger partial charge on any atom is 0.228 e. The third-order valence-electron chi connectivity index (χ3n) is 3.87. The number of rotatable bonds is 3. The van der Waals surface area contributed by atoms with Gasteiger partial charge in [0.2, 0.25) is 5.89 Å². The lowest BCUT2D eigenvalue weighted by atomic mass is 10.2. The molecule has 0 fully saturated rings. The van der Waals surface area contributed by atoms with Crippen LogP contribution in [0.2, 0.25) is 10.0 Å². The van der Waals surface area contributed by atoms with Gasteiger partial charge in [-0.1, -0.05) is 39.1 Å². The maximum absolute atomic E-state index is 9.92. The van der Waals surface area contributed by atoms with E-state index in [1.807, 2.05) is 0 Å². The standard InChI is InChI=1S/C20H11BrCl2N2O2/c21-12-1-5-18(26)11(7-12)10-24-14-3-4-16(23)15(9-14)20-25-17-8-13(22)2-6-19(17)27-20/h1-10,26H. The highest BCUT2D eigenvalue weighted by atomic mass is 79.9. The summed E-state index contributed by atoms with van der Waals surface area (Å²) >= 11 is 15.7. The Labute approximate surface area is 173 Å². The summed E-state index contributed by atoms with van der Waals surface area (Å²) in [4.78, 5) is 8.87. The topological polar surface area (TPSA) is 58.6 Å². The lowest BCUT2D eigenvalue weighted by molar-refractivity contribution is 0.474. The Morgan fingerprint density at radius 2 is 1.89 bits per heavy atom. The molecule has 4 nitrogen and oxygen atoms in total. The molecule has 27 heavy (non-hydrogen) atoms. The van der Waals surface area contributed by atoms with Crippen molar-refractivity contribution in [3.63, 3.8) is 0 Å². The smallest absolute Gasteiger partial charge is 0.228 e. The second-order valence-corrected chi connectivity index (χ2v) is 7.52. The molecule has 134 valence electrons. The number of fused-ring (bicyclic) bond motifs is 1. The second kappa shape index (κ2) is 7.35. The van der Waals surface area contributed by atoms with Crippen LogP contribution in [0.4, 0.5) is 5.69 Å². The predicted octanol–water partition coefficient (Wildman–Crippen LogP) is 7.02. The van der Waals surface area contributed by atoms with Gasteiger partial charge < -0.3 is 9.52 Å². The molecular formula is C20H11BrCl2N2O2. The number of benzene rings is 3. The van der Waals surface area contributed by atoms with Gasteiger partial charge in [-0.05, 0) is 54.6 Å². The summed E-state index contributed by atoms with van der Waals surface area (Å²) in [6, 6.07) is 15.7. The Bertz CT molecular complexity index is 1190. The summed E-state index contributed by atoms with van der Waals surface area (Å²) in [5, 5.41) is 11.0. The molecule has 0 unspecified atom stereocenters. The van der Waals surface area contributed by atoms with E-state index < -0.39 is 0 Å². The molecule has 4 aromatic rings. The van der Waals surface area contributed by atoms with Crippen molar-refractivity contribution < 1.29 is 9.52 Å². The summed E-state index contributed by atoms with van der Waals surface area (Å²) in [6.45, 7) is 0. The molecule has 1 N–H and O–H groups in total. The Kier molecular flexibility index (Phi) is 4.91. The van der Waals surface area contributed by atoms with Crippen molar-refractivity contribution >= 4 is 62.1 Å². The summed E-state index contributed by atoms with van der Waals surface area (Å²) < 4.78 is 6.64. The highest BCUT2D eigenvalue weighted by Gasteiger charge is 2.13. The van der Waals surface area contributed by atoms with Gasteiger partial charge >= 0.3 is 0 Å². The summed E-state index contributed by atoms with van der Waals surface area (Å²) in [5.74, 6) is 0.534. The maximum atomic E-state index is 9.92. The normalized spacial score (nSPS) is 11.5. The molecule has 0 atom stereocenters. The molecular weight excluding hydrogens is 451 g/mol. The first-order valence-electron chi connectivity index (χ1n) is 7.88. The molecule has 3 aromatic carbocycles.